The van der Waals surface area contributed by atoms with Crippen LogP contribution in [0.3, 0.4) is 0 Å². The van der Waals surface area contributed by atoms with E-state index in [2.05, 4.69) is 24.1 Å². The third-order valence-electron chi connectivity index (χ3n) is 4.05. The molecular formula is C14H18N2O2. The van der Waals surface area contributed by atoms with Crippen LogP contribution in [-0.2, 0) is 4.74 Å². The molecular weight excluding hydrogens is 228 g/mol. The van der Waals surface area contributed by atoms with E-state index in [1.165, 1.54) is 0 Å². The molecule has 1 aromatic heterocycles. The molecule has 0 saturated heterocycles. The van der Waals surface area contributed by atoms with Gasteiger partial charge in [-0.1, -0.05) is 26.0 Å². The Labute approximate surface area is 106 Å². The van der Waals surface area contributed by atoms with Crippen LogP contribution in [0.25, 0.3) is 11.1 Å². The van der Waals surface area contributed by atoms with Crippen LogP contribution in [-0.4, -0.2) is 24.2 Å². The summed E-state index contributed by atoms with van der Waals surface area (Å²) in [7, 11) is 1.77. The largest absolute Gasteiger partial charge is 0.424 e. The van der Waals surface area contributed by atoms with E-state index in [0.29, 0.717) is 18.2 Å². The van der Waals surface area contributed by atoms with Gasteiger partial charge in [-0.15, -0.1) is 0 Å². The van der Waals surface area contributed by atoms with E-state index in [1.807, 2.05) is 24.3 Å². The van der Waals surface area contributed by atoms with Crippen molar-refractivity contribution >= 4 is 17.1 Å². The predicted molar refractivity (Wildman–Crippen MR) is 70.6 cm³/mol. The molecule has 3 rings (SSSR count). The zero-order valence-electron chi connectivity index (χ0n) is 10.9. The molecule has 1 aliphatic carbocycles. The van der Waals surface area contributed by atoms with Crippen LogP contribution in [0.2, 0.25) is 0 Å². The fraction of sp³-hybridized carbons (Fsp3) is 0.500. The normalized spacial score (nSPS) is 25.9. The number of methoxy groups -OCH3 is 1. The Morgan fingerprint density at radius 2 is 2.17 bits per heavy atom. The van der Waals surface area contributed by atoms with Gasteiger partial charge in [-0.25, -0.2) is 0 Å². The van der Waals surface area contributed by atoms with Gasteiger partial charge in [-0.3, -0.25) is 0 Å². The molecule has 18 heavy (non-hydrogen) atoms. The maximum absolute atomic E-state index is 5.67. The van der Waals surface area contributed by atoms with Crippen molar-refractivity contribution in [3.05, 3.63) is 24.3 Å². The van der Waals surface area contributed by atoms with E-state index in [1.54, 1.807) is 7.11 Å². The number of hydrogen-bond donors (Lipinski definition) is 1. The maximum Gasteiger partial charge on any atom is 0.295 e. The van der Waals surface area contributed by atoms with E-state index in [4.69, 9.17) is 9.15 Å². The number of rotatable bonds is 3. The number of nitrogens with zero attached hydrogens (tertiary/aromatic N) is 1. The molecule has 0 aliphatic heterocycles. The Bertz CT molecular complexity index is 529. The summed E-state index contributed by atoms with van der Waals surface area (Å²) in [6.07, 6.45) is 1.29. The summed E-state index contributed by atoms with van der Waals surface area (Å²) in [4.78, 5) is 4.43. The van der Waals surface area contributed by atoms with Crippen LogP contribution >= 0.6 is 0 Å². The van der Waals surface area contributed by atoms with Gasteiger partial charge < -0.3 is 14.5 Å². The summed E-state index contributed by atoms with van der Waals surface area (Å²) in [6, 6.07) is 8.74. The number of para-hydroxylation sites is 2. The van der Waals surface area contributed by atoms with Crippen molar-refractivity contribution in [1.82, 2.24) is 4.98 Å². The highest BCUT2D eigenvalue weighted by molar-refractivity contribution is 5.74. The van der Waals surface area contributed by atoms with E-state index in [9.17, 15) is 0 Å². The fourth-order valence-corrected chi connectivity index (χ4v) is 2.61. The lowest BCUT2D eigenvalue weighted by atomic mass is 9.64. The average molecular weight is 246 g/mol. The van der Waals surface area contributed by atoms with Crippen molar-refractivity contribution in [3.63, 3.8) is 0 Å². The molecule has 1 aromatic carbocycles. The molecule has 1 N–H and O–H groups in total. The second kappa shape index (κ2) is 3.99. The second-order valence-electron chi connectivity index (χ2n) is 5.47. The molecule has 0 radical (unpaired) electrons. The van der Waals surface area contributed by atoms with Crippen molar-refractivity contribution in [1.29, 1.82) is 0 Å². The van der Waals surface area contributed by atoms with Crippen molar-refractivity contribution in [2.24, 2.45) is 5.41 Å². The maximum atomic E-state index is 5.67. The van der Waals surface area contributed by atoms with E-state index >= 15 is 0 Å². The number of benzene rings is 1. The van der Waals surface area contributed by atoms with Crippen LogP contribution in [0.1, 0.15) is 20.3 Å². The average Bonchev–Trinajstić information content (AvgIpc) is 2.76. The first-order valence-corrected chi connectivity index (χ1v) is 6.26. The number of aromatic nitrogens is 1. The summed E-state index contributed by atoms with van der Waals surface area (Å²) in [5, 5.41) is 3.36. The smallest absolute Gasteiger partial charge is 0.295 e. The Morgan fingerprint density at radius 1 is 1.39 bits per heavy atom. The van der Waals surface area contributed by atoms with Crippen molar-refractivity contribution in [2.75, 3.05) is 12.4 Å². The lowest BCUT2D eigenvalue weighted by Gasteiger charge is -2.50. The molecule has 4 nitrogen and oxygen atoms in total. The van der Waals surface area contributed by atoms with Gasteiger partial charge in [-0.2, -0.15) is 4.98 Å². The molecule has 0 bridgehead atoms. The fourth-order valence-electron chi connectivity index (χ4n) is 2.61. The van der Waals surface area contributed by atoms with Crippen LogP contribution in [0.15, 0.2) is 28.7 Å². The molecule has 1 fully saturated rings. The molecule has 0 amide bonds. The highest BCUT2D eigenvalue weighted by Crippen LogP contribution is 2.44. The van der Waals surface area contributed by atoms with Crippen molar-refractivity contribution in [3.8, 4) is 0 Å². The molecule has 96 valence electrons. The SMILES string of the molecule is COC1CC(Nc2nc3ccccc3o2)C1(C)C. The number of nitrogens with one attached hydrogen (secondary N) is 1. The zero-order valence-corrected chi connectivity index (χ0v) is 10.9. The topological polar surface area (TPSA) is 47.3 Å². The lowest BCUT2D eigenvalue weighted by Crippen LogP contribution is -2.57. The van der Waals surface area contributed by atoms with Gasteiger partial charge in [0.05, 0.1) is 6.10 Å². The first-order chi connectivity index (χ1) is 8.61. The molecule has 2 aromatic rings. The molecule has 2 unspecified atom stereocenters. The number of fused-ring (bicyclic) bond motifs is 1. The summed E-state index contributed by atoms with van der Waals surface area (Å²) in [5.74, 6) is 0. The van der Waals surface area contributed by atoms with Crippen LogP contribution in [0.5, 0.6) is 0 Å². The minimum Gasteiger partial charge on any atom is -0.424 e. The van der Waals surface area contributed by atoms with E-state index in [-0.39, 0.29) is 5.41 Å². The van der Waals surface area contributed by atoms with Gasteiger partial charge in [0, 0.05) is 18.6 Å². The minimum absolute atomic E-state index is 0.107. The van der Waals surface area contributed by atoms with E-state index < -0.39 is 0 Å². The minimum atomic E-state index is 0.107. The quantitative estimate of drug-likeness (QED) is 0.904. The number of anilines is 1. The monoisotopic (exact) mass is 246 g/mol. The molecule has 1 heterocycles. The Hall–Kier alpha value is -1.55. The molecule has 1 aliphatic rings. The van der Waals surface area contributed by atoms with Gasteiger partial charge >= 0.3 is 0 Å². The number of oxazole rings is 1. The number of ether oxygens (including phenoxy) is 1. The number of hydrogen-bond acceptors (Lipinski definition) is 4. The first-order valence-electron chi connectivity index (χ1n) is 6.26. The standard InChI is InChI=1S/C14H18N2O2/c1-14(2)11(8-12(14)17-3)16-13-15-9-6-4-5-7-10(9)18-13/h4-7,11-12H,8H2,1-3H3,(H,15,16). The van der Waals surface area contributed by atoms with E-state index in [0.717, 1.165) is 17.5 Å². The highest BCUT2D eigenvalue weighted by atomic mass is 16.5. The zero-order chi connectivity index (χ0) is 12.8. The summed E-state index contributed by atoms with van der Waals surface area (Å²) >= 11 is 0. The van der Waals surface area contributed by atoms with Gasteiger partial charge in [-0.05, 0) is 18.6 Å². The molecule has 1 saturated carbocycles. The van der Waals surface area contributed by atoms with Crippen molar-refractivity contribution in [2.45, 2.75) is 32.4 Å². The summed E-state index contributed by atoms with van der Waals surface area (Å²) in [5.41, 5.74) is 1.82. The third kappa shape index (κ3) is 1.68. The van der Waals surface area contributed by atoms with Gasteiger partial charge in [0.2, 0.25) is 0 Å². The summed E-state index contributed by atoms with van der Waals surface area (Å²) < 4.78 is 11.1. The Morgan fingerprint density at radius 3 is 2.83 bits per heavy atom. The van der Waals surface area contributed by atoms with Crippen molar-refractivity contribution < 1.29 is 9.15 Å². The van der Waals surface area contributed by atoms with Crippen LogP contribution in [0, 0.1) is 5.41 Å². The van der Waals surface area contributed by atoms with Gasteiger partial charge in [0.15, 0.2) is 5.58 Å². The lowest BCUT2D eigenvalue weighted by molar-refractivity contribution is -0.0799. The molecule has 4 heteroatoms. The predicted octanol–water partition coefficient (Wildman–Crippen LogP) is 3.05. The van der Waals surface area contributed by atoms with Crippen LogP contribution in [0.4, 0.5) is 6.01 Å². The van der Waals surface area contributed by atoms with Crippen LogP contribution < -0.4 is 5.32 Å². The third-order valence-corrected chi connectivity index (χ3v) is 4.05. The first kappa shape index (κ1) is 11.5. The Balaban J connectivity index is 1.78. The second-order valence-corrected chi connectivity index (χ2v) is 5.47. The van der Waals surface area contributed by atoms with Gasteiger partial charge in [0.25, 0.3) is 6.01 Å². The summed E-state index contributed by atoms with van der Waals surface area (Å²) in [6.45, 7) is 4.40. The highest BCUT2D eigenvalue weighted by Gasteiger charge is 2.49. The van der Waals surface area contributed by atoms with Gasteiger partial charge in [0.1, 0.15) is 5.52 Å². The molecule has 2 atom stereocenters. The molecule has 0 spiro atoms. The Kier molecular flexibility index (Phi) is 2.55.